The number of imide groups is 1. The second-order valence-electron chi connectivity index (χ2n) is 4.39. The molecule has 3 nitrogen and oxygen atoms in total. The van der Waals surface area contributed by atoms with Crippen LogP contribution in [-0.4, -0.2) is 11.8 Å². The fourth-order valence-corrected chi connectivity index (χ4v) is 2.49. The average Bonchev–Trinajstić information content (AvgIpc) is 2.69. The lowest BCUT2D eigenvalue weighted by Crippen LogP contribution is -2.20. The Morgan fingerprint density at radius 2 is 1.63 bits per heavy atom. The Hall–Kier alpha value is -2.13. The number of benzene rings is 2. The molecule has 3 rings (SSSR count). The zero-order chi connectivity index (χ0) is 13.4. The molecule has 4 heteroatoms. The quantitative estimate of drug-likeness (QED) is 0.854. The van der Waals surface area contributed by atoms with Crippen molar-refractivity contribution in [2.24, 2.45) is 0 Å². The molecule has 1 aliphatic rings. The summed E-state index contributed by atoms with van der Waals surface area (Å²) < 4.78 is 0. The number of carbonyl (C=O) groups is 2. The zero-order valence-electron chi connectivity index (χ0n) is 9.94. The second-order valence-corrected chi connectivity index (χ2v) is 4.80. The van der Waals surface area contributed by atoms with Crippen molar-refractivity contribution in [3.05, 3.63) is 69.7 Å². The molecule has 2 amide bonds. The summed E-state index contributed by atoms with van der Waals surface area (Å²) >= 11 is 6.12. The molecular weight excluding hydrogens is 262 g/mol. The Kier molecular flexibility index (Phi) is 2.84. The SMILES string of the molecule is O=C1NC(=O)c2c(Cc3ccccc3Cl)cccc21. The molecule has 0 unspecified atom stereocenters. The van der Waals surface area contributed by atoms with Gasteiger partial charge in [-0.2, -0.15) is 0 Å². The first-order valence-corrected chi connectivity index (χ1v) is 6.25. The molecule has 0 aliphatic carbocycles. The van der Waals surface area contributed by atoms with Gasteiger partial charge in [0.1, 0.15) is 0 Å². The molecule has 0 radical (unpaired) electrons. The molecular formula is C15H10ClNO2. The van der Waals surface area contributed by atoms with Gasteiger partial charge in [-0.3, -0.25) is 14.9 Å². The highest BCUT2D eigenvalue weighted by Crippen LogP contribution is 2.25. The third-order valence-electron chi connectivity index (χ3n) is 3.19. The molecule has 1 heterocycles. The van der Waals surface area contributed by atoms with E-state index in [-0.39, 0.29) is 11.8 Å². The number of fused-ring (bicyclic) bond motifs is 1. The van der Waals surface area contributed by atoms with Gasteiger partial charge in [-0.15, -0.1) is 0 Å². The summed E-state index contributed by atoms with van der Waals surface area (Å²) in [6.45, 7) is 0. The summed E-state index contributed by atoms with van der Waals surface area (Å²) in [5, 5.41) is 2.97. The van der Waals surface area contributed by atoms with Gasteiger partial charge in [0.05, 0.1) is 11.1 Å². The van der Waals surface area contributed by atoms with Crippen molar-refractivity contribution in [1.82, 2.24) is 5.32 Å². The monoisotopic (exact) mass is 271 g/mol. The van der Waals surface area contributed by atoms with E-state index in [4.69, 9.17) is 11.6 Å². The lowest BCUT2D eigenvalue weighted by atomic mass is 9.97. The first kappa shape index (κ1) is 11.9. The lowest BCUT2D eigenvalue weighted by molar-refractivity contribution is 0.0879. The first-order valence-electron chi connectivity index (χ1n) is 5.88. The minimum atomic E-state index is -0.332. The van der Waals surface area contributed by atoms with Crippen molar-refractivity contribution in [1.29, 1.82) is 0 Å². The minimum absolute atomic E-state index is 0.331. The first-order chi connectivity index (χ1) is 9.16. The predicted octanol–water partition coefficient (Wildman–Crippen LogP) is 2.81. The Balaban J connectivity index is 2.06. The van der Waals surface area contributed by atoms with Gasteiger partial charge in [0, 0.05) is 5.02 Å². The normalized spacial score (nSPS) is 13.3. The molecule has 0 spiro atoms. The highest BCUT2D eigenvalue weighted by atomic mass is 35.5. The van der Waals surface area contributed by atoms with E-state index in [1.165, 1.54) is 0 Å². The van der Waals surface area contributed by atoms with Gasteiger partial charge >= 0.3 is 0 Å². The van der Waals surface area contributed by atoms with Gasteiger partial charge in [-0.05, 0) is 29.7 Å². The van der Waals surface area contributed by atoms with Crippen LogP contribution in [0.25, 0.3) is 0 Å². The molecule has 1 aliphatic heterocycles. The molecule has 0 fully saturated rings. The summed E-state index contributed by atoms with van der Waals surface area (Å²) in [6, 6.07) is 12.8. The number of hydrogen-bond donors (Lipinski definition) is 1. The average molecular weight is 272 g/mol. The van der Waals surface area contributed by atoms with E-state index in [0.717, 1.165) is 11.1 Å². The van der Waals surface area contributed by atoms with Crippen LogP contribution in [0.2, 0.25) is 5.02 Å². The van der Waals surface area contributed by atoms with E-state index < -0.39 is 0 Å². The van der Waals surface area contributed by atoms with Crippen molar-refractivity contribution in [3.8, 4) is 0 Å². The Bertz CT molecular complexity index is 694. The molecule has 1 N–H and O–H groups in total. The topological polar surface area (TPSA) is 46.2 Å². The van der Waals surface area contributed by atoms with Crippen LogP contribution >= 0.6 is 11.6 Å². The number of carbonyl (C=O) groups excluding carboxylic acids is 2. The van der Waals surface area contributed by atoms with E-state index >= 15 is 0 Å². The van der Waals surface area contributed by atoms with Gasteiger partial charge in [0.25, 0.3) is 11.8 Å². The van der Waals surface area contributed by atoms with Crippen LogP contribution in [0.15, 0.2) is 42.5 Å². The summed E-state index contributed by atoms with van der Waals surface area (Å²) in [4.78, 5) is 23.4. The molecule has 0 aromatic heterocycles. The van der Waals surface area contributed by atoms with Gasteiger partial charge in [-0.25, -0.2) is 0 Å². The number of rotatable bonds is 2. The standard InChI is InChI=1S/C15H10ClNO2/c16-12-7-2-1-4-9(12)8-10-5-3-6-11-13(10)15(19)17-14(11)18/h1-7H,8H2,(H,17,18,19). The van der Waals surface area contributed by atoms with Crippen molar-refractivity contribution in [2.45, 2.75) is 6.42 Å². The zero-order valence-corrected chi connectivity index (χ0v) is 10.7. The van der Waals surface area contributed by atoms with Crippen LogP contribution < -0.4 is 5.32 Å². The molecule has 94 valence electrons. The number of hydrogen-bond acceptors (Lipinski definition) is 2. The number of halogens is 1. The van der Waals surface area contributed by atoms with Crippen LogP contribution in [-0.2, 0) is 6.42 Å². The molecule has 0 bridgehead atoms. The summed E-state index contributed by atoms with van der Waals surface area (Å²) in [7, 11) is 0. The second kappa shape index (κ2) is 4.52. The maximum absolute atomic E-state index is 11.8. The minimum Gasteiger partial charge on any atom is -0.288 e. The van der Waals surface area contributed by atoms with Crippen LogP contribution in [0, 0.1) is 0 Å². The smallest absolute Gasteiger partial charge is 0.259 e. The van der Waals surface area contributed by atoms with Crippen LogP contribution in [0.4, 0.5) is 0 Å². The Morgan fingerprint density at radius 3 is 2.42 bits per heavy atom. The Labute approximate surface area is 115 Å². The predicted molar refractivity (Wildman–Crippen MR) is 72.5 cm³/mol. The van der Waals surface area contributed by atoms with Gasteiger partial charge < -0.3 is 0 Å². The maximum atomic E-state index is 11.8. The van der Waals surface area contributed by atoms with Gasteiger partial charge in [0.15, 0.2) is 0 Å². The Morgan fingerprint density at radius 1 is 0.895 bits per heavy atom. The maximum Gasteiger partial charge on any atom is 0.259 e. The molecule has 2 aromatic rings. The molecule has 0 atom stereocenters. The van der Waals surface area contributed by atoms with E-state index in [0.29, 0.717) is 22.6 Å². The van der Waals surface area contributed by atoms with E-state index in [9.17, 15) is 9.59 Å². The van der Waals surface area contributed by atoms with E-state index in [2.05, 4.69) is 5.32 Å². The van der Waals surface area contributed by atoms with Crippen LogP contribution in [0.5, 0.6) is 0 Å². The van der Waals surface area contributed by atoms with Crippen LogP contribution in [0.3, 0.4) is 0 Å². The number of amides is 2. The highest BCUT2D eigenvalue weighted by Gasteiger charge is 2.28. The summed E-state index contributed by atoms with van der Waals surface area (Å²) in [6.07, 6.45) is 0.531. The van der Waals surface area contributed by atoms with Gasteiger partial charge in [0.2, 0.25) is 0 Å². The third kappa shape index (κ3) is 2.02. The van der Waals surface area contributed by atoms with Crippen molar-refractivity contribution >= 4 is 23.4 Å². The summed E-state index contributed by atoms with van der Waals surface area (Å²) in [5.74, 6) is -0.663. The molecule has 0 saturated heterocycles. The fraction of sp³-hybridized carbons (Fsp3) is 0.0667. The van der Waals surface area contributed by atoms with Gasteiger partial charge in [-0.1, -0.05) is 41.9 Å². The van der Waals surface area contributed by atoms with E-state index in [1.54, 1.807) is 12.1 Å². The molecule has 0 saturated carbocycles. The van der Waals surface area contributed by atoms with E-state index in [1.807, 2.05) is 30.3 Å². The largest absolute Gasteiger partial charge is 0.288 e. The fourth-order valence-electron chi connectivity index (χ4n) is 2.28. The molecule has 19 heavy (non-hydrogen) atoms. The van der Waals surface area contributed by atoms with Crippen molar-refractivity contribution in [2.75, 3.05) is 0 Å². The van der Waals surface area contributed by atoms with Crippen molar-refractivity contribution < 1.29 is 9.59 Å². The number of nitrogens with one attached hydrogen (secondary N) is 1. The third-order valence-corrected chi connectivity index (χ3v) is 3.56. The molecule has 2 aromatic carbocycles. The lowest BCUT2D eigenvalue weighted by Gasteiger charge is -2.07. The highest BCUT2D eigenvalue weighted by molar-refractivity contribution is 6.31. The van der Waals surface area contributed by atoms with Crippen molar-refractivity contribution in [3.63, 3.8) is 0 Å². The summed E-state index contributed by atoms with van der Waals surface area (Å²) in [5.41, 5.74) is 2.65. The van der Waals surface area contributed by atoms with Crippen LogP contribution in [0.1, 0.15) is 31.8 Å².